The van der Waals surface area contributed by atoms with E-state index in [4.69, 9.17) is 0 Å². The van der Waals surface area contributed by atoms with Gasteiger partial charge in [0.1, 0.15) is 0 Å². The Morgan fingerprint density at radius 1 is 0.297 bits per heavy atom. The molecule has 0 saturated carbocycles. The number of rotatable bonds is 8. The molecule has 0 bridgehead atoms. The summed E-state index contributed by atoms with van der Waals surface area (Å²) in [6, 6.07) is 27.6. The summed E-state index contributed by atoms with van der Waals surface area (Å²) in [5.74, 6) is 0. The molecule has 0 amide bonds. The van der Waals surface area contributed by atoms with Crippen molar-refractivity contribution in [3.05, 3.63) is 97.1 Å². The summed E-state index contributed by atoms with van der Waals surface area (Å²) in [5, 5.41) is 77.2. The van der Waals surface area contributed by atoms with Crippen LogP contribution in [0, 0.1) is 0 Å². The molecule has 0 saturated heterocycles. The molecule has 8 N–H and O–H groups in total. The first kappa shape index (κ1) is 27.4. The van der Waals surface area contributed by atoms with Crippen molar-refractivity contribution in [1.82, 2.24) is 0 Å². The van der Waals surface area contributed by atoms with Crippen LogP contribution in [0.15, 0.2) is 97.1 Å². The van der Waals surface area contributed by atoms with E-state index in [1.807, 2.05) is 48.5 Å². The summed E-state index contributed by atoms with van der Waals surface area (Å²) < 4.78 is 3.60. The fraction of sp³-hybridized carbons (Fsp3) is 0. The van der Waals surface area contributed by atoms with Crippen LogP contribution in [0.25, 0.3) is 0 Å². The molecule has 184 valence electrons. The molecular weight excluding hydrogens is 532 g/mol. The Labute approximate surface area is 218 Å². The van der Waals surface area contributed by atoms with Crippen LogP contribution in [-0.2, 0) is 0 Å². The van der Waals surface area contributed by atoms with E-state index in [1.165, 1.54) is 0 Å². The van der Waals surface area contributed by atoms with Crippen LogP contribution in [0.2, 0.25) is 0 Å². The molecule has 0 aliphatic rings. The summed E-state index contributed by atoms with van der Waals surface area (Å²) >= 11 is -3.93. The molecule has 0 spiro atoms. The van der Waals surface area contributed by atoms with Crippen molar-refractivity contribution >= 4 is 81.2 Å². The van der Waals surface area contributed by atoms with Gasteiger partial charge in [-0.2, -0.15) is 0 Å². The molecule has 13 heteroatoms. The third-order valence-electron chi connectivity index (χ3n) is 6.57. The number of hydrogen-bond donors (Lipinski definition) is 8. The molecule has 37 heavy (non-hydrogen) atoms. The van der Waals surface area contributed by atoms with E-state index in [0.717, 1.165) is 17.6 Å². The van der Waals surface area contributed by atoms with Gasteiger partial charge in [0.2, 0.25) is 0 Å². The van der Waals surface area contributed by atoms with Gasteiger partial charge in [-0.05, 0) is 0 Å². The Balaban J connectivity index is 2.05. The molecule has 0 atom stereocenters. The topological polar surface area (TPSA) is 162 Å². The van der Waals surface area contributed by atoms with Crippen LogP contribution in [0.4, 0.5) is 0 Å². The first-order valence-corrected chi connectivity index (χ1v) is 15.7. The molecule has 0 heterocycles. The van der Waals surface area contributed by atoms with Gasteiger partial charge in [-0.1, -0.05) is 0 Å². The normalized spacial score (nSPS) is 11.2. The zero-order chi connectivity index (χ0) is 26.7. The maximum atomic E-state index is 9.64. The Bertz CT molecular complexity index is 1110. The first-order valence-electron chi connectivity index (χ1n) is 11.5. The fourth-order valence-corrected chi connectivity index (χ4v) is 14.4. The van der Waals surface area contributed by atoms with E-state index in [1.54, 1.807) is 48.5 Å². The van der Waals surface area contributed by atoms with Crippen LogP contribution in [0.3, 0.4) is 0 Å². The molecule has 4 rings (SSSR count). The van der Waals surface area contributed by atoms with Crippen molar-refractivity contribution in [2.75, 3.05) is 0 Å². The van der Waals surface area contributed by atoms with Gasteiger partial charge in [-0.3, -0.25) is 0 Å². The van der Waals surface area contributed by atoms with Crippen LogP contribution in [-0.4, -0.2) is 81.9 Å². The van der Waals surface area contributed by atoms with Crippen molar-refractivity contribution in [2.45, 2.75) is 0 Å². The Hall–Kier alpha value is -2.64. The summed E-state index contributed by atoms with van der Waals surface area (Å²) in [5.41, 5.74) is 1.26. The van der Waals surface area contributed by atoms with Gasteiger partial charge in [0.15, 0.2) is 0 Å². The summed E-state index contributed by atoms with van der Waals surface area (Å²) in [6.07, 6.45) is 0. The summed E-state index contributed by atoms with van der Waals surface area (Å²) in [4.78, 5) is 0. The molecule has 0 radical (unpaired) electrons. The Kier molecular flexibility index (Phi) is 8.44. The quantitative estimate of drug-likeness (QED) is 0.0996. The van der Waals surface area contributed by atoms with Gasteiger partial charge >= 0.3 is 218 Å². The summed E-state index contributed by atoms with van der Waals surface area (Å²) in [6.45, 7) is 0. The second-order valence-corrected chi connectivity index (χ2v) is 16.7. The molecule has 0 aliphatic carbocycles. The van der Waals surface area contributed by atoms with Crippen LogP contribution in [0.1, 0.15) is 0 Å². The molecule has 0 fully saturated rings. The monoisotopic (exact) mass is 558 g/mol. The van der Waals surface area contributed by atoms with Gasteiger partial charge in [-0.15, -0.1) is 0 Å². The maximum absolute atomic E-state index is 9.64. The van der Waals surface area contributed by atoms with Crippen molar-refractivity contribution in [3.8, 4) is 0 Å². The second kappa shape index (κ2) is 11.4. The van der Waals surface area contributed by atoms with Gasteiger partial charge in [-0.25, -0.2) is 0 Å². The Morgan fingerprint density at radius 3 is 0.595 bits per heavy atom. The van der Waals surface area contributed by atoms with E-state index in [0.29, 0.717) is 21.9 Å². The predicted octanol–water partition coefficient (Wildman–Crippen LogP) is -6.22. The van der Waals surface area contributed by atoms with Crippen LogP contribution in [0.5, 0.6) is 0 Å². The van der Waals surface area contributed by atoms with Crippen molar-refractivity contribution in [3.63, 3.8) is 0 Å². The third-order valence-corrected chi connectivity index (χ3v) is 16.6. The van der Waals surface area contributed by atoms with E-state index < -0.39 is 41.7 Å². The predicted molar refractivity (Wildman–Crippen MR) is 149 cm³/mol. The molecule has 0 aromatic heterocycles. The molecule has 0 aliphatic heterocycles. The molecular formula is C24H24B4GeO8. The van der Waals surface area contributed by atoms with Gasteiger partial charge in [0, 0.05) is 0 Å². The average molecular weight is 556 g/mol. The van der Waals surface area contributed by atoms with Crippen LogP contribution >= 0.6 is 0 Å². The molecule has 4 aromatic rings. The van der Waals surface area contributed by atoms with Crippen molar-refractivity contribution < 1.29 is 40.2 Å². The van der Waals surface area contributed by atoms with Crippen molar-refractivity contribution in [1.29, 1.82) is 0 Å². The number of benzene rings is 4. The van der Waals surface area contributed by atoms with E-state index >= 15 is 0 Å². The van der Waals surface area contributed by atoms with Crippen molar-refractivity contribution in [2.24, 2.45) is 0 Å². The number of hydrogen-bond acceptors (Lipinski definition) is 8. The minimum absolute atomic E-state index is 0.316. The van der Waals surface area contributed by atoms with E-state index in [2.05, 4.69) is 0 Å². The molecule has 4 aromatic carbocycles. The van der Waals surface area contributed by atoms with E-state index in [-0.39, 0.29) is 0 Å². The van der Waals surface area contributed by atoms with Gasteiger partial charge in [0.05, 0.1) is 0 Å². The Morgan fingerprint density at radius 2 is 0.459 bits per heavy atom. The molecule has 8 nitrogen and oxygen atoms in total. The van der Waals surface area contributed by atoms with Gasteiger partial charge in [0.25, 0.3) is 0 Å². The van der Waals surface area contributed by atoms with Gasteiger partial charge < -0.3 is 0 Å². The van der Waals surface area contributed by atoms with Crippen LogP contribution < -0.4 is 39.4 Å². The zero-order valence-electron chi connectivity index (χ0n) is 19.6. The standard InChI is InChI=1S/C24H24B4GeO8/c30-25(31)17-1-9-21(10-2-17)29(22-11-3-18(4-12-22)26(32)33,23-13-5-19(6-14-23)27(34)35)24-15-7-20(8-16-24)28(36)37/h1-16,30-37H. The fourth-order valence-electron chi connectivity index (χ4n) is 4.62. The third kappa shape index (κ3) is 5.48. The zero-order valence-corrected chi connectivity index (χ0v) is 21.7. The second-order valence-electron chi connectivity index (χ2n) is 8.73. The average Bonchev–Trinajstić information content (AvgIpc) is 2.90. The first-order chi connectivity index (χ1) is 17.6. The van der Waals surface area contributed by atoms with E-state index in [9.17, 15) is 40.2 Å². The minimum atomic E-state index is -3.93. The summed E-state index contributed by atoms with van der Waals surface area (Å²) in [7, 11) is -6.57. The molecule has 0 unspecified atom stereocenters. The SMILES string of the molecule is OB(O)c1cc[c]([Ge]([c]2ccc(B(O)O)cc2)([c]2ccc(B(O)O)cc2)[c]2ccc(B(O)O)cc2)cc1.